The first-order valence-corrected chi connectivity index (χ1v) is 19.6. The van der Waals surface area contributed by atoms with Gasteiger partial charge in [0.1, 0.15) is 27.4 Å². The van der Waals surface area contributed by atoms with Gasteiger partial charge in [-0.15, -0.1) is 0 Å². The number of hydrogen-bond acceptors (Lipinski definition) is 11. The number of fused-ring (bicyclic) bond motifs is 2. The Bertz CT molecular complexity index is 1850. The number of benzene rings is 2. The highest BCUT2D eigenvalue weighted by Crippen LogP contribution is 2.79. The molecule has 14 heteroatoms. The van der Waals surface area contributed by atoms with Gasteiger partial charge in [-0.1, -0.05) is 30.7 Å². The normalized spacial score (nSPS) is 42.0. The van der Waals surface area contributed by atoms with Crippen molar-refractivity contribution < 1.29 is 47.1 Å². The van der Waals surface area contributed by atoms with E-state index in [9.17, 15) is 23.4 Å². The highest BCUT2D eigenvalue weighted by molar-refractivity contribution is 7.92. The molecule has 278 valence electrons. The lowest BCUT2D eigenvalue weighted by Crippen LogP contribution is -2.83. The van der Waals surface area contributed by atoms with Crippen molar-refractivity contribution in [3.05, 3.63) is 53.1 Å². The van der Waals surface area contributed by atoms with Crippen LogP contribution in [-0.2, 0) is 29.0 Å². The zero-order valence-corrected chi connectivity index (χ0v) is 31.1. The number of piperidine rings is 1. The molecule has 0 amide bonds. The van der Waals surface area contributed by atoms with Crippen LogP contribution in [0.25, 0.3) is 0 Å². The number of likely N-dealkylation sites (N-methyl/N-ethyl adjacent to an activating group) is 1. The minimum Gasteiger partial charge on any atom is -0.495 e. The fourth-order valence-electron chi connectivity index (χ4n) is 12.5. The molecule has 12 nitrogen and oxygen atoms in total. The third-order valence-corrected chi connectivity index (χ3v) is 15.6. The van der Waals surface area contributed by atoms with Crippen molar-refractivity contribution >= 4 is 33.3 Å². The van der Waals surface area contributed by atoms with Crippen LogP contribution in [-0.4, -0.2) is 112 Å². The lowest BCUT2D eigenvalue weighted by molar-refractivity contribution is -0.337. The number of para-hydroxylation sites is 1. The Morgan fingerprint density at radius 2 is 1.80 bits per heavy atom. The standard InChI is InChI=1S/C37H47ClN2O10S/c1-6-40-19-34(50-33(41)21-9-7-8-10-24(21)39-51(44,45)27-15-20(38)11-12-25(27)46-2)14-13-30(48-4)36-28(34)17-23(31(36)40)35(42)18-26(47-3)22-16-29(36)37(35,43)32(22)49-5/h7-12,15,22-23,26,28-32,39,42-43H,6,13-14,16-19H2,1-5H3/t22-,23+,26+,28-,29+,30+,31?,32+,34-,35+,36+,37+/m1/s1. The van der Waals surface area contributed by atoms with Crippen LogP contribution in [0, 0.1) is 29.1 Å². The van der Waals surface area contributed by atoms with E-state index in [0.717, 1.165) is 0 Å². The van der Waals surface area contributed by atoms with Gasteiger partial charge in [-0.25, -0.2) is 13.2 Å². The van der Waals surface area contributed by atoms with Crippen LogP contribution >= 0.6 is 11.6 Å². The van der Waals surface area contributed by atoms with Crippen LogP contribution in [0.4, 0.5) is 5.69 Å². The molecule has 5 aliphatic carbocycles. The second kappa shape index (κ2) is 12.0. The second-order valence-corrected chi connectivity index (χ2v) is 17.5. The molecule has 1 spiro atoms. The van der Waals surface area contributed by atoms with E-state index in [-0.39, 0.29) is 69.3 Å². The van der Waals surface area contributed by atoms with Gasteiger partial charge < -0.3 is 33.9 Å². The number of rotatable bonds is 10. The Morgan fingerprint density at radius 3 is 2.49 bits per heavy atom. The minimum atomic E-state index is -4.24. The van der Waals surface area contributed by atoms with E-state index in [1.165, 1.54) is 31.4 Å². The molecule has 3 N–H and O–H groups in total. The Labute approximate surface area is 303 Å². The largest absolute Gasteiger partial charge is 0.495 e. The van der Waals surface area contributed by atoms with Crippen molar-refractivity contribution in [2.24, 2.45) is 29.1 Å². The van der Waals surface area contributed by atoms with Crippen molar-refractivity contribution in [1.82, 2.24) is 4.90 Å². The average Bonchev–Trinajstić information content (AvgIpc) is 3.54. The number of carbonyl (C=O) groups excluding carboxylic acids is 1. The highest BCUT2D eigenvalue weighted by Gasteiger charge is 2.89. The Morgan fingerprint density at radius 1 is 1.04 bits per heavy atom. The van der Waals surface area contributed by atoms with Gasteiger partial charge in [0.05, 0.1) is 36.7 Å². The molecule has 1 aliphatic heterocycles. The molecule has 1 unspecified atom stereocenters. The van der Waals surface area contributed by atoms with Crippen LogP contribution in [0.1, 0.15) is 49.4 Å². The molecule has 12 atom stereocenters. The molecule has 1 saturated heterocycles. The summed E-state index contributed by atoms with van der Waals surface area (Å²) in [5.74, 6) is -1.71. The van der Waals surface area contributed by atoms with E-state index in [1.807, 2.05) is 0 Å². The van der Waals surface area contributed by atoms with Crippen LogP contribution in [0.2, 0.25) is 5.02 Å². The summed E-state index contributed by atoms with van der Waals surface area (Å²) in [6, 6.07) is 10.5. The van der Waals surface area contributed by atoms with Crippen molar-refractivity contribution in [2.45, 2.75) is 85.1 Å². The molecule has 0 aromatic heterocycles. The van der Waals surface area contributed by atoms with Gasteiger partial charge in [0, 0.05) is 74.4 Å². The number of anilines is 1. The summed E-state index contributed by atoms with van der Waals surface area (Å²) in [6.45, 7) is 3.15. The summed E-state index contributed by atoms with van der Waals surface area (Å²) in [4.78, 5) is 16.7. The predicted octanol–water partition coefficient (Wildman–Crippen LogP) is 3.73. The maximum atomic E-state index is 14.5. The van der Waals surface area contributed by atoms with Gasteiger partial charge in [0.2, 0.25) is 0 Å². The summed E-state index contributed by atoms with van der Waals surface area (Å²) >= 11 is 6.16. The first kappa shape index (κ1) is 35.5. The minimum absolute atomic E-state index is 0.0535. The first-order valence-electron chi connectivity index (χ1n) is 17.8. The molecular weight excluding hydrogens is 700 g/mol. The number of sulfonamides is 1. The summed E-state index contributed by atoms with van der Waals surface area (Å²) < 4.78 is 60.4. The van der Waals surface area contributed by atoms with Gasteiger partial charge in [0.25, 0.3) is 10.0 Å². The number of likely N-dealkylation sites (tertiary alicyclic amines) is 1. The Kier molecular flexibility index (Phi) is 8.37. The number of hydrogen-bond donors (Lipinski definition) is 3. The fourth-order valence-corrected chi connectivity index (χ4v) is 14.0. The molecular formula is C37H47ClN2O10S. The number of ether oxygens (including phenoxy) is 5. The highest BCUT2D eigenvalue weighted by atomic mass is 35.5. The quantitative estimate of drug-likeness (QED) is 0.305. The van der Waals surface area contributed by atoms with Crippen LogP contribution in [0.3, 0.4) is 0 Å². The van der Waals surface area contributed by atoms with E-state index in [2.05, 4.69) is 16.5 Å². The molecule has 7 bridgehead atoms. The predicted molar refractivity (Wildman–Crippen MR) is 186 cm³/mol. The van der Waals surface area contributed by atoms with E-state index < -0.39 is 50.2 Å². The number of nitrogens with zero attached hydrogens (tertiary/aromatic N) is 1. The van der Waals surface area contributed by atoms with Crippen molar-refractivity contribution in [3.8, 4) is 5.75 Å². The topological polar surface area (TPSA) is 153 Å². The molecule has 0 radical (unpaired) electrons. The molecule has 8 rings (SSSR count). The van der Waals surface area contributed by atoms with Crippen LogP contribution < -0.4 is 9.46 Å². The monoisotopic (exact) mass is 746 g/mol. The lowest BCUT2D eigenvalue weighted by Gasteiger charge is -2.70. The summed E-state index contributed by atoms with van der Waals surface area (Å²) in [5, 5.41) is 26.1. The van der Waals surface area contributed by atoms with E-state index in [1.54, 1.807) is 39.5 Å². The fraction of sp³-hybridized carbons (Fsp3) is 0.649. The molecule has 2 aromatic rings. The SMILES string of the molecule is CCN1C[C@]2(OC(=O)c3ccccc3NS(=O)(=O)c3cc(Cl)ccc3OC)CC[C@H](OC)[C@]34C1[C@H](C[C@H]23)[C@@]1(O)C[C@H](OC)[C@H]2C[C@@H]4[C@]1(O)[C@H]2OC. The average molecular weight is 747 g/mol. The lowest BCUT2D eigenvalue weighted by atomic mass is 9.44. The van der Waals surface area contributed by atoms with Crippen molar-refractivity contribution in [1.29, 1.82) is 0 Å². The summed E-state index contributed by atoms with van der Waals surface area (Å²) in [5.41, 5.74) is -4.60. The Hall–Kier alpha value is -2.49. The van der Waals surface area contributed by atoms with Gasteiger partial charge in [-0.3, -0.25) is 9.62 Å². The summed E-state index contributed by atoms with van der Waals surface area (Å²) in [6.07, 6.45) is 1.31. The molecule has 2 aromatic carbocycles. The maximum absolute atomic E-state index is 14.5. The number of methoxy groups -OCH3 is 4. The molecule has 6 aliphatic rings. The van der Waals surface area contributed by atoms with Gasteiger partial charge in [0.15, 0.2) is 0 Å². The zero-order valence-electron chi connectivity index (χ0n) is 29.5. The second-order valence-electron chi connectivity index (χ2n) is 15.4. The van der Waals surface area contributed by atoms with Crippen LogP contribution in [0.5, 0.6) is 5.75 Å². The third-order valence-electron chi connectivity index (χ3n) is 14.0. The number of esters is 1. The van der Waals surface area contributed by atoms with Crippen molar-refractivity contribution in [3.63, 3.8) is 0 Å². The number of halogens is 1. The van der Waals surface area contributed by atoms with Gasteiger partial charge in [-0.2, -0.15) is 0 Å². The number of aliphatic hydroxyl groups is 2. The molecule has 51 heavy (non-hydrogen) atoms. The van der Waals surface area contributed by atoms with E-state index >= 15 is 0 Å². The van der Waals surface area contributed by atoms with Crippen molar-refractivity contribution in [2.75, 3.05) is 46.3 Å². The molecule has 5 saturated carbocycles. The van der Waals surface area contributed by atoms with Gasteiger partial charge in [-0.05, 0) is 62.6 Å². The first-order chi connectivity index (χ1) is 24.3. The third kappa shape index (κ3) is 4.46. The van der Waals surface area contributed by atoms with Gasteiger partial charge >= 0.3 is 5.97 Å². The van der Waals surface area contributed by atoms with E-state index in [0.29, 0.717) is 38.8 Å². The zero-order chi connectivity index (χ0) is 36.3. The molecule has 6 fully saturated rings. The maximum Gasteiger partial charge on any atom is 0.340 e. The Balaban J connectivity index is 1.20. The molecule has 1 heterocycles. The van der Waals surface area contributed by atoms with Crippen LogP contribution in [0.15, 0.2) is 47.4 Å². The summed E-state index contributed by atoms with van der Waals surface area (Å²) in [7, 11) is 2.09. The number of nitrogens with one attached hydrogen (secondary N) is 1. The smallest absolute Gasteiger partial charge is 0.340 e. The van der Waals surface area contributed by atoms with E-state index in [4.69, 9.17) is 35.3 Å². The number of carbonyl (C=O) groups is 1.